The molecule has 0 radical (unpaired) electrons. The summed E-state index contributed by atoms with van der Waals surface area (Å²) in [5.41, 5.74) is 0.0421. The van der Waals surface area contributed by atoms with Gasteiger partial charge in [-0.25, -0.2) is 8.78 Å². The molecule has 1 heterocycles. The van der Waals surface area contributed by atoms with Crippen LogP contribution in [0.25, 0.3) is 10.8 Å². The van der Waals surface area contributed by atoms with Gasteiger partial charge in [-0.05, 0) is 17.5 Å². The third-order valence-corrected chi connectivity index (χ3v) is 1.92. The maximum atomic E-state index is 12.3. The summed E-state index contributed by atoms with van der Waals surface area (Å²) in [6.45, 7) is 0. The van der Waals surface area contributed by atoms with Crippen LogP contribution < -0.4 is 0 Å². The van der Waals surface area contributed by atoms with Crippen LogP contribution in [-0.2, 0) is 0 Å². The summed E-state index contributed by atoms with van der Waals surface area (Å²) in [7, 11) is 0. The molecule has 0 aliphatic carbocycles. The minimum Gasteiger partial charge on any atom is -0.264 e. The van der Waals surface area contributed by atoms with Crippen molar-refractivity contribution in [3.8, 4) is 0 Å². The van der Waals surface area contributed by atoms with Crippen LogP contribution in [0.3, 0.4) is 0 Å². The van der Waals surface area contributed by atoms with E-state index >= 15 is 0 Å². The third kappa shape index (κ3) is 1.49. The summed E-state index contributed by atoms with van der Waals surface area (Å²) in [5, 5.41) is 1.68. The molecule has 2 rings (SSSR count). The van der Waals surface area contributed by atoms with Gasteiger partial charge in [-0.1, -0.05) is 12.1 Å². The monoisotopic (exact) mass is 179 g/mol. The molecule has 1 aromatic carbocycles. The zero-order chi connectivity index (χ0) is 9.26. The minimum absolute atomic E-state index is 0.0421. The fourth-order valence-electron chi connectivity index (χ4n) is 1.24. The van der Waals surface area contributed by atoms with E-state index in [4.69, 9.17) is 0 Å². The Morgan fingerprint density at radius 1 is 1.08 bits per heavy atom. The first-order valence-electron chi connectivity index (χ1n) is 3.89. The zero-order valence-corrected chi connectivity index (χ0v) is 6.74. The topological polar surface area (TPSA) is 12.9 Å². The lowest BCUT2D eigenvalue weighted by molar-refractivity contribution is 0.151. The van der Waals surface area contributed by atoms with Crippen molar-refractivity contribution < 1.29 is 8.78 Å². The first-order valence-corrected chi connectivity index (χ1v) is 3.89. The lowest BCUT2D eigenvalue weighted by atomic mass is 10.1. The Balaban J connectivity index is 2.62. The van der Waals surface area contributed by atoms with Crippen molar-refractivity contribution >= 4 is 10.8 Å². The molecule has 13 heavy (non-hydrogen) atoms. The molecule has 0 aliphatic rings. The Kier molecular flexibility index (Phi) is 1.93. The molecule has 0 saturated carbocycles. The summed E-state index contributed by atoms with van der Waals surface area (Å²) >= 11 is 0. The summed E-state index contributed by atoms with van der Waals surface area (Å²) in [6, 6.07) is 6.38. The van der Waals surface area contributed by atoms with Crippen molar-refractivity contribution in [2.75, 3.05) is 0 Å². The van der Waals surface area contributed by atoms with E-state index in [1.54, 1.807) is 24.5 Å². The number of alkyl halides is 2. The first kappa shape index (κ1) is 8.10. The van der Waals surface area contributed by atoms with Crippen molar-refractivity contribution in [3.63, 3.8) is 0 Å². The van der Waals surface area contributed by atoms with Gasteiger partial charge < -0.3 is 0 Å². The minimum atomic E-state index is -2.41. The molecule has 66 valence electrons. The van der Waals surface area contributed by atoms with Crippen LogP contribution in [-0.4, -0.2) is 4.98 Å². The first-order chi connectivity index (χ1) is 6.27. The highest BCUT2D eigenvalue weighted by Gasteiger charge is 2.06. The van der Waals surface area contributed by atoms with Crippen LogP contribution in [0.2, 0.25) is 0 Å². The Morgan fingerprint density at radius 3 is 2.69 bits per heavy atom. The second-order valence-corrected chi connectivity index (χ2v) is 2.78. The standard InChI is InChI=1S/C10H7F2N/c11-10(12)8-2-1-7-3-4-13-6-9(7)5-8/h1-6,10H. The molecule has 0 N–H and O–H groups in total. The summed E-state index contributed by atoms with van der Waals surface area (Å²) in [4.78, 5) is 3.87. The quantitative estimate of drug-likeness (QED) is 0.655. The number of halogens is 2. The van der Waals surface area contributed by atoms with E-state index in [0.717, 1.165) is 10.8 Å². The molecule has 1 aromatic heterocycles. The molecule has 0 fully saturated rings. The molecule has 0 amide bonds. The van der Waals surface area contributed by atoms with Gasteiger partial charge in [0.15, 0.2) is 0 Å². The summed E-state index contributed by atoms with van der Waals surface area (Å²) in [5.74, 6) is 0. The van der Waals surface area contributed by atoms with Crippen LogP contribution >= 0.6 is 0 Å². The van der Waals surface area contributed by atoms with Gasteiger partial charge in [0, 0.05) is 23.3 Å². The van der Waals surface area contributed by atoms with E-state index in [9.17, 15) is 8.78 Å². The SMILES string of the molecule is FC(F)c1ccc2ccncc2c1. The van der Waals surface area contributed by atoms with Crippen LogP contribution in [0.5, 0.6) is 0 Å². The van der Waals surface area contributed by atoms with Gasteiger partial charge in [0.25, 0.3) is 6.43 Å². The fourth-order valence-corrected chi connectivity index (χ4v) is 1.24. The second-order valence-electron chi connectivity index (χ2n) is 2.78. The second kappa shape index (κ2) is 3.09. The summed E-state index contributed by atoms with van der Waals surface area (Å²) < 4.78 is 24.5. The van der Waals surface area contributed by atoms with E-state index in [0.29, 0.717) is 0 Å². The highest BCUT2D eigenvalue weighted by Crippen LogP contribution is 2.22. The molecule has 0 bridgehead atoms. The van der Waals surface area contributed by atoms with Crippen LogP contribution in [0.1, 0.15) is 12.0 Å². The predicted octanol–water partition coefficient (Wildman–Crippen LogP) is 3.17. The van der Waals surface area contributed by atoms with E-state index in [1.165, 1.54) is 12.1 Å². The Morgan fingerprint density at radius 2 is 1.92 bits per heavy atom. The smallest absolute Gasteiger partial charge is 0.263 e. The van der Waals surface area contributed by atoms with E-state index in [-0.39, 0.29) is 5.56 Å². The van der Waals surface area contributed by atoms with Crippen LogP contribution in [0, 0.1) is 0 Å². The molecule has 1 nitrogen and oxygen atoms in total. The van der Waals surface area contributed by atoms with Gasteiger partial charge in [-0.15, -0.1) is 0 Å². The number of aromatic nitrogens is 1. The lowest BCUT2D eigenvalue weighted by Crippen LogP contribution is -1.84. The zero-order valence-electron chi connectivity index (χ0n) is 6.74. The van der Waals surface area contributed by atoms with Crippen molar-refractivity contribution in [2.24, 2.45) is 0 Å². The lowest BCUT2D eigenvalue weighted by Gasteiger charge is -2.01. The molecule has 0 atom stereocenters. The maximum absolute atomic E-state index is 12.3. The van der Waals surface area contributed by atoms with Gasteiger partial charge in [0.05, 0.1) is 0 Å². The molecule has 3 heteroatoms. The van der Waals surface area contributed by atoms with E-state index in [1.807, 2.05) is 0 Å². The van der Waals surface area contributed by atoms with Crippen LogP contribution in [0.4, 0.5) is 8.78 Å². The number of hydrogen-bond acceptors (Lipinski definition) is 1. The van der Waals surface area contributed by atoms with Gasteiger partial charge in [-0.2, -0.15) is 0 Å². The highest BCUT2D eigenvalue weighted by atomic mass is 19.3. The Labute approximate surface area is 74.0 Å². The summed E-state index contributed by atoms with van der Waals surface area (Å²) in [6.07, 6.45) is 0.815. The number of nitrogens with zero attached hydrogens (tertiary/aromatic N) is 1. The highest BCUT2D eigenvalue weighted by molar-refractivity contribution is 5.82. The van der Waals surface area contributed by atoms with Crippen molar-refractivity contribution in [1.82, 2.24) is 4.98 Å². The molecule has 0 spiro atoms. The predicted molar refractivity (Wildman–Crippen MR) is 46.7 cm³/mol. The van der Waals surface area contributed by atoms with Gasteiger partial charge in [-0.3, -0.25) is 4.98 Å². The van der Waals surface area contributed by atoms with Crippen molar-refractivity contribution in [1.29, 1.82) is 0 Å². The average Bonchev–Trinajstić information content (AvgIpc) is 2.17. The number of fused-ring (bicyclic) bond motifs is 1. The van der Waals surface area contributed by atoms with Crippen molar-refractivity contribution in [3.05, 3.63) is 42.2 Å². The van der Waals surface area contributed by atoms with Gasteiger partial charge in [0.2, 0.25) is 0 Å². The normalized spacial score (nSPS) is 11.0. The number of benzene rings is 1. The van der Waals surface area contributed by atoms with Crippen LogP contribution in [0.15, 0.2) is 36.7 Å². The van der Waals surface area contributed by atoms with Crippen molar-refractivity contribution in [2.45, 2.75) is 6.43 Å². The maximum Gasteiger partial charge on any atom is 0.263 e. The number of rotatable bonds is 1. The van der Waals surface area contributed by atoms with E-state index in [2.05, 4.69) is 4.98 Å². The molecule has 0 unspecified atom stereocenters. The Hall–Kier alpha value is -1.51. The third-order valence-electron chi connectivity index (χ3n) is 1.92. The average molecular weight is 179 g/mol. The van der Waals surface area contributed by atoms with Gasteiger partial charge in [0.1, 0.15) is 0 Å². The number of pyridine rings is 1. The molecular weight excluding hydrogens is 172 g/mol. The largest absolute Gasteiger partial charge is 0.264 e. The number of hydrogen-bond donors (Lipinski definition) is 0. The molecule has 0 aliphatic heterocycles. The van der Waals surface area contributed by atoms with Gasteiger partial charge >= 0.3 is 0 Å². The molecule has 2 aromatic rings. The fraction of sp³-hybridized carbons (Fsp3) is 0.100. The van der Waals surface area contributed by atoms with E-state index < -0.39 is 6.43 Å². The molecule has 0 saturated heterocycles. The Bertz CT molecular complexity index is 426. The molecular formula is C10H7F2N.